The number of nitrogens with zero attached hydrogens (tertiary/aromatic N) is 1. The monoisotopic (exact) mass is 289 g/mol. The van der Waals surface area contributed by atoms with Gasteiger partial charge in [0.05, 0.1) is 6.61 Å². The zero-order chi connectivity index (χ0) is 14.5. The summed E-state index contributed by atoms with van der Waals surface area (Å²) in [7, 11) is 0. The zero-order valence-corrected chi connectivity index (χ0v) is 12.3. The Morgan fingerprint density at radius 2 is 2.24 bits per heavy atom. The van der Waals surface area contributed by atoms with Crippen LogP contribution in [0, 0.1) is 5.92 Å². The number of hydrogen-bond donors (Lipinski definition) is 2. The molecule has 114 valence electrons. The fourth-order valence-corrected chi connectivity index (χ4v) is 2.97. The first-order valence-corrected chi connectivity index (χ1v) is 7.73. The number of morpholine rings is 1. The van der Waals surface area contributed by atoms with E-state index in [-0.39, 0.29) is 12.0 Å². The fraction of sp³-hybridized carbons (Fsp3) is 0.562. The number of benzene rings is 1. The SMILES string of the molecule is O=C(NCC1CCN(c2ccccc2)C1)C1CNCCO1. The highest BCUT2D eigenvalue weighted by molar-refractivity contribution is 5.81. The summed E-state index contributed by atoms with van der Waals surface area (Å²) in [5, 5.41) is 6.21. The van der Waals surface area contributed by atoms with Crippen molar-refractivity contribution in [2.45, 2.75) is 12.5 Å². The highest BCUT2D eigenvalue weighted by atomic mass is 16.5. The third-order valence-electron chi connectivity index (χ3n) is 4.19. The molecule has 0 bridgehead atoms. The van der Waals surface area contributed by atoms with Gasteiger partial charge in [-0.2, -0.15) is 0 Å². The standard InChI is InChI=1S/C16H23N3O2/c20-16(15-11-17-7-9-21-15)18-10-13-6-8-19(12-13)14-4-2-1-3-5-14/h1-5,13,15,17H,6-12H2,(H,18,20). The Morgan fingerprint density at radius 1 is 1.38 bits per heavy atom. The molecule has 2 N–H and O–H groups in total. The number of amides is 1. The number of nitrogens with one attached hydrogen (secondary N) is 2. The number of carbonyl (C=O) groups excluding carboxylic acids is 1. The van der Waals surface area contributed by atoms with Gasteiger partial charge in [0.1, 0.15) is 6.10 Å². The van der Waals surface area contributed by atoms with Crippen LogP contribution in [0.15, 0.2) is 30.3 Å². The van der Waals surface area contributed by atoms with E-state index < -0.39 is 0 Å². The van der Waals surface area contributed by atoms with Crippen molar-refractivity contribution in [2.24, 2.45) is 5.92 Å². The lowest BCUT2D eigenvalue weighted by Gasteiger charge is -2.23. The van der Waals surface area contributed by atoms with E-state index in [0.717, 1.165) is 32.6 Å². The van der Waals surface area contributed by atoms with Gasteiger partial charge >= 0.3 is 0 Å². The van der Waals surface area contributed by atoms with Gasteiger partial charge in [-0.25, -0.2) is 0 Å². The molecule has 2 aliphatic heterocycles. The summed E-state index contributed by atoms with van der Waals surface area (Å²) in [4.78, 5) is 14.4. The molecule has 0 aliphatic carbocycles. The van der Waals surface area contributed by atoms with Crippen LogP contribution >= 0.6 is 0 Å². The zero-order valence-electron chi connectivity index (χ0n) is 12.3. The highest BCUT2D eigenvalue weighted by Crippen LogP contribution is 2.22. The van der Waals surface area contributed by atoms with Gasteiger partial charge in [0, 0.05) is 38.4 Å². The fourth-order valence-electron chi connectivity index (χ4n) is 2.97. The van der Waals surface area contributed by atoms with Crippen LogP contribution in [0.3, 0.4) is 0 Å². The first-order valence-electron chi connectivity index (χ1n) is 7.73. The Morgan fingerprint density at radius 3 is 3.00 bits per heavy atom. The van der Waals surface area contributed by atoms with Crippen molar-refractivity contribution in [1.29, 1.82) is 0 Å². The first-order chi connectivity index (χ1) is 10.3. The van der Waals surface area contributed by atoms with Crippen LogP contribution in [0.5, 0.6) is 0 Å². The maximum atomic E-state index is 12.0. The lowest BCUT2D eigenvalue weighted by Crippen LogP contribution is -2.48. The van der Waals surface area contributed by atoms with Gasteiger partial charge in [-0.15, -0.1) is 0 Å². The van der Waals surface area contributed by atoms with Crippen LogP contribution < -0.4 is 15.5 Å². The minimum absolute atomic E-state index is 0.0142. The van der Waals surface area contributed by atoms with E-state index >= 15 is 0 Å². The number of rotatable bonds is 4. The minimum Gasteiger partial charge on any atom is -0.371 e. The van der Waals surface area contributed by atoms with Gasteiger partial charge < -0.3 is 20.3 Å². The lowest BCUT2D eigenvalue weighted by molar-refractivity contribution is -0.134. The van der Waals surface area contributed by atoms with Crippen LogP contribution in [0.4, 0.5) is 5.69 Å². The smallest absolute Gasteiger partial charge is 0.250 e. The van der Waals surface area contributed by atoms with Crippen LogP contribution in [0.2, 0.25) is 0 Å². The van der Waals surface area contributed by atoms with Crippen molar-refractivity contribution in [3.8, 4) is 0 Å². The lowest BCUT2D eigenvalue weighted by atomic mass is 10.1. The second-order valence-electron chi connectivity index (χ2n) is 5.74. The molecule has 0 aromatic heterocycles. The summed E-state index contributed by atoms with van der Waals surface area (Å²) in [6.07, 6.45) is 0.796. The number of anilines is 1. The van der Waals surface area contributed by atoms with Gasteiger partial charge in [-0.05, 0) is 24.5 Å². The third kappa shape index (κ3) is 3.74. The molecule has 0 spiro atoms. The Kier molecular flexibility index (Phi) is 4.72. The number of para-hydroxylation sites is 1. The van der Waals surface area contributed by atoms with E-state index in [0.29, 0.717) is 19.1 Å². The normalized spacial score (nSPS) is 25.8. The number of hydrogen-bond acceptors (Lipinski definition) is 4. The molecule has 21 heavy (non-hydrogen) atoms. The minimum atomic E-state index is -0.328. The molecule has 1 aromatic rings. The Labute approximate surface area is 125 Å². The first kappa shape index (κ1) is 14.4. The van der Waals surface area contributed by atoms with Crippen molar-refractivity contribution in [2.75, 3.05) is 44.2 Å². The van der Waals surface area contributed by atoms with Gasteiger partial charge in [0.2, 0.25) is 5.91 Å². The Hall–Kier alpha value is -1.59. The van der Waals surface area contributed by atoms with Crippen molar-refractivity contribution < 1.29 is 9.53 Å². The summed E-state index contributed by atoms with van der Waals surface area (Å²) in [6, 6.07) is 10.5. The largest absolute Gasteiger partial charge is 0.371 e. The van der Waals surface area contributed by atoms with Crippen molar-refractivity contribution in [3.05, 3.63) is 30.3 Å². The maximum absolute atomic E-state index is 12.0. The molecule has 0 radical (unpaired) electrons. The molecule has 5 nitrogen and oxygen atoms in total. The molecule has 0 saturated carbocycles. The number of carbonyl (C=O) groups is 1. The van der Waals surface area contributed by atoms with Gasteiger partial charge in [0.25, 0.3) is 0 Å². The van der Waals surface area contributed by atoms with Crippen molar-refractivity contribution >= 4 is 11.6 Å². The second-order valence-corrected chi connectivity index (χ2v) is 5.74. The molecule has 2 unspecified atom stereocenters. The van der Waals surface area contributed by atoms with E-state index in [2.05, 4.69) is 39.8 Å². The van der Waals surface area contributed by atoms with Gasteiger partial charge in [0.15, 0.2) is 0 Å². The molecular formula is C16H23N3O2. The summed E-state index contributed by atoms with van der Waals surface area (Å²) < 4.78 is 5.46. The van der Waals surface area contributed by atoms with Gasteiger partial charge in [-0.3, -0.25) is 4.79 Å². The molecule has 2 fully saturated rings. The predicted molar refractivity (Wildman–Crippen MR) is 82.4 cm³/mol. The van der Waals surface area contributed by atoms with E-state index in [1.165, 1.54) is 5.69 Å². The second kappa shape index (κ2) is 6.91. The van der Waals surface area contributed by atoms with Crippen molar-refractivity contribution in [1.82, 2.24) is 10.6 Å². The average molecular weight is 289 g/mol. The van der Waals surface area contributed by atoms with Crippen LogP contribution in [-0.2, 0) is 9.53 Å². The molecule has 1 amide bonds. The maximum Gasteiger partial charge on any atom is 0.250 e. The molecule has 2 atom stereocenters. The summed E-state index contributed by atoms with van der Waals surface area (Å²) in [5.74, 6) is 0.533. The van der Waals surface area contributed by atoms with E-state index in [4.69, 9.17) is 4.74 Å². The van der Waals surface area contributed by atoms with Crippen LogP contribution in [-0.4, -0.2) is 51.3 Å². The van der Waals surface area contributed by atoms with Crippen LogP contribution in [0.1, 0.15) is 6.42 Å². The third-order valence-corrected chi connectivity index (χ3v) is 4.19. The van der Waals surface area contributed by atoms with Crippen molar-refractivity contribution in [3.63, 3.8) is 0 Å². The van der Waals surface area contributed by atoms with Gasteiger partial charge in [-0.1, -0.05) is 18.2 Å². The molecule has 2 saturated heterocycles. The predicted octanol–water partition coefficient (Wildman–Crippen LogP) is 0.617. The van der Waals surface area contributed by atoms with E-state index in [1.54, 1.807) is 0 Å². The molecule has 1 aromatic carbocycles. The quantitative estimate of drug-likeness (QED) is 0.853. The molecular weight excluding hydrogens is 266 g/mol. The van der Waals surface area contributed by atoms with E-state index in [1.807, 2.05) is 6.07 Å². The molecule has 3 rings (SSSR count). The Bertz CT molecular complexity index is 460. The molecule has 5 heteroatoms. The Balaban J connectivity index is 1.43. The molecule has 2 heterocycles. The average Bonchev–Trinajstić information content (AvgIpc) is 3.03. The topological polar surface area (TPSA) is 53.6 Å². The summed E-state index contributed by atoms with van der Waals surface area (Å²) in [6.45, 7) is 4.87. The van der Waals surface area contributed by atoms with E-state index in [9.17, 15) is 4.79 Å². The molecule has 2 aliphatic rings. The summed E-state index contributed by atoms with van der Waals surface area (Å²) >= 11 is 0. The van der Waals surface area contributed by atoms with Crippen LogP contribution in [0.25, 0.3) is 0 Å². The highest BCUT2D eigenvalue weighted by Gasteiger charge is 2.25. The summed E-state index contributed by atoms with van der Waals surface area (Å²) in [5.41, 5.74) is 1.27. The number of ether oxygens (including phenoxy) is 1.